The van der Waals surface area contributed by atoms with E-state index < -0.39 is 0 Å². The normalized spacial score (nSPS) is 32.6. The molecule has 5 nitrogen and oxygen atoms in total. The van der Waals surface area contributed by atoms with E-state index in [4.69, 9.17) is 4.74 Å². The van der Waals surface area contributed by atoms with E-state index in [1.165, 1.54) is 25.7 Å². The number of nitrogens with zero attached hydrogens (tertiary/aromatic N) is 2. The van der Waals surface area contributed by atoms with Crippen molar-refractivity contribution in [2.75, 3.05) is 7.11 Å². The van der Waals surface area contributed by atoms with E-state index in [-0.39, 0.29) is 5.41 Å². The Morgan fingerprint density at radius 2 is 1.86 bits per heavy atom. The second-order valence-electron chi connectivity index (χ2n) is 7.75. The van der Waals surface area contributed by atoms with Crippen LogP contribution in [-0.4, -0.2) is 34.4 Å². The van der Waals surface area contributed by atoms with Gasteiger partial charge in [-0.1, -0.05) is 20.8 Å². The Morgan fingerprint density at radius 1 is 1.19 bits per heavy atom. The second kappa shape index (κ2) is 5.69. The molecular weight excluding hydrogens is 264 g/mol. The van der Waals surface area contributed by atoms with Crippen molar-refractivity contribution < 1.29 is 4.74 Å². The second-order valence-corrected chi connectivity index (χ2v) is 7.75. The van der Waals surface area contributed by atoms with Gasteiger partial charge in [-0.15, -0.1) is 0 Å². The molecule has 21 heavy (non-hydrogen) atoms. The first kappa shape index (κ1) is 15.0. The maximum atomic E-state index is 5.50. The maximum Gasteiger partial charge on any atom is 0.156 e. The molecule has 0 aliphatic heterocycles. The summed E-state index contributed by atoms with van der Waals surface area (Å²) in [6.07, 6.45) is 5.56. The Hall–Kier alpha value is -0.940. The van der Waals surface area contributed by atoms with E-state index in [1.807, 2.05) is 7.11 Å². The third-order valence-electron chi connectivity index (χ3n) is 5.07. The van der Waals surface area contributed by atoms with Crippen molar-refractivity contribution in [3.05, 3.63) is 11.6 Å². The highest BCUT2D eigenvalue weighted by Gasteiger charge is 2.41. The molecule has 0 amide bonds. The van der Waals surface area contributed by atoms with Crippen molar-refractivity contribution in [1.29, 1.82) is 0 Å². The molecule has 2 fully saturated rings. The van der Waals surface area contributed by atoms with E-state index in [0.29, 0.717) is 12.1 Å². The highest BCUT2D eigenvalue weighted by molar-refractivity contribution is 5.02. The van der Waals surface area contributed by atoms with Gasteiger partial charge >= 0.3 is 0 Å². The number of methoxy groups -OCH3 is 1. The Bertz CT molecular complexity index is 465. The van der Waals surface area contributed by atoms with Crippen LogP contribution in [0.2, 0.25) is 0 Å². The average molecular weight is 292 g/mol. The zero-order valence-corrected chi connectivity index (χ0v) is 13.6. The van der Waals surface area contributed by atoms with Gasteiger partial charge in [0.2, 0.25) is 0 Å². The molecule has 0 radical (unpaired) electrons. The lowest BCUT2D eigenvalue weighted by Gasteiger charge is -2.15. The summed E-state index contributed by atoms with van der Waals surface area (Å²) in [5, 5.41) is 11.0. The van der Waals surface area contributed by atoms with Gasteiger partial charge in [-0.25, -0.2) is 4.98 Å². The molecular formula is C16H28N4O. The Kier molecular flexibility index (Phi) is 4.06. The number of hydrogen-bond donors (Lipinski definition) is 2. The van der Waals surface area contributed by atoms with Crippen molar-refractivity contribution in [3.63, 3.8) is 0 Å². The first-order chi connectivity index (χ1) is 9.95. The molecule has 1 aromatic heterocycles. The van der Waals surface area contributed by atoms with E-state index in [0.717, 1.165) is 30.0 Å². The number of ether oxygens (including phenoxy) is 1. The molecule has 0 aromatic carbocycles. The SMILES string of the molecule is COC1C[C@H]2CC(NCc3nc(C(C)(C)C)n[nH]3)C[C@H]2C1. The van der Waals surface area contributed by atoms with Crippen LogP contribution in [0.3, 0.4) is 0 Å². The lowest BCUT2D eigenvalue weighted by molar-refractivity contribution is 0.100. The molecule has 3 rings (SSSR count). The standard InChI is InChI=1S/C16H28N4O/c1-16(2,3)15-18-14(19-20-15)9-17-12-5-10-7-13(21-4)8-11(10)6-12/h10-13,17H,5-9H2,1-4H3,(H,18,19,20)/t10-,11+,12?,13?. The number of aromatic nitrogens is 3. The summed E-state index contributed by atoms with van der Waals surface area (Å²) in [5.74, 6) is 3.55. The fourth-order valence-electron chi connectivity index (χ4n) is 3.87. The third kappa shape index (κ3) is 3.29. The summed E-state index contributed by atoms with van der Waals surface area (Å²) in [5.41, 5.74) is 0.00823. The summed E-state index contributed by atoms with van der Waals surface area (Å²) >= 11 is 0. The number of aromatic amines is 1. The molecule has 0 spiro atoms. The van der Waals surface area contributed by atoms with Gasteiger partial charge in [0, 0.05) is 18.6 Å². The zero-order valence-electron chi connectivity index (χ0n) is 13.6. The minimum atomic E-state index is 0.00823. The van der Waals surface area contributed by atoms with Crippen LogP contribution in [0.25, 0.3) is 0 Å². The van der Waals surface area contributed by atoms with Gasteiger partial charge < -0.3 is 10.1 Å². The number of H-pyrrole nitrogens is 1. The fraction of sp³-hybridized carbons (Fsp3) is 0.875. The van der Waals surface area contributed by atoms with Crippen LogP contribution in [0.15, 0.2) is 0 Å². The molecule has 1 aromatic rings. The summed E-state index contributed by atoms with van der Waals surface area (Å²) in [6.45, 7) is 7.20. The quantitative estimate of drug-likeness (QED) is 0.894. The Labute approximate surface area is 127 Å². The third-order valence-corrected chi connectivity index (χ3v) is 5.07. The van der Waals surface area contributed by atoms with Gasteiger partial charge in [-0.05, 0) is 37.5 Å². The van der Waals surface area contributed by atoms with Gasteiger partial charge in [0.05, 0.1) is 12.6 Å². The molecule has 0 bridgehead atoms. The van der Waals surface area contributed by atoms with Gasteiger partial charge in [-0.3, -0.25) is 5.10 Å². The minimum Gasteiger partial charge on any atom is -0.381 e. The van der Waals surface area contributed by atoms with Crippen LogP contribution in [0.4, 0.5) is 0 Å². The maximum absolute atomic E-state index is 5.50. The highest BCUT2D eigenvalue weighted by Crippen LogP contribution is 2.44. The van der Waals surface area contributed by atoms with Gasteiger partial charge in [0.1, 0.15) is 5.82 Å². The molecule has 1 heterocycles. The first-order valence-electron chi connectivity index (χ1n) is 8.13. The molecule has 118 valence electrons. The van der Waals surface area contributed by atoms with Crippen molar-refractivity contribution >= 4 is 0 Å². The number of rotatable bonds is 4. The predicted octanol–water partition coefficient (Wildman–Crippen LogP) is 2.40. The van der Waals surface area contributed by atoms with Crippen molar-refractivity contribution in [1.82, 2.24) is 20.5 Å². The highest BCUT2D eigenvalue weighted by atomic mass is 16.5. The molecule has 2 aliphatic rings. The summed E-state index contributed by atoms with van der Waals surface area (Å²) in [7, 11) is 1.85. The number of fused-ring (bicyclic) bond motifs is 1. The van der Waals surface area contributed by atoms with E-state index in [2.05, 4.69) is 41.3 Å². The topological polar surface area (TPSA) is 62.8 Å². The van der Waals surface area contributed by atoms with Crippen molar-refractivity contribution in [2.24, 2.45) is 11.8 Å². The summed E-state index contributed by atoms with van der Waals surface area (Å²) in [4.78, 5) is 4.59. The molecule has 2 unspecified atom stereocenters. The molecule has 2 aliphatic carbocycles. The summed E-state index contributed by atoms with van der Waals surface area (Å²) < 4.78 is 5.50. The smallest absolute Gasteiger partial charge is 0.156 e. The zero-order chi connectivity index (χ0) is 15.0. The molecule has 0 saturated heterocycles. The lowest BCUT2D eigenvalue weighted by Crippen LogP contribution is -2.27. The average Bonchev–Trinajstić information content (AvgIpc) is 3.09. The fourth-order valence-corrected chi connectivity index (χ4v) is 3.87. The van der Waals surface area contributed by atoms with Gasteiger partial charge in [-0.2, -0.15) is 5.10 Å². The Balaban J connectivity index is 1.48. The molecule has 4 atom stereocenters. The van der Waals surface area contributed by atoms with Crippen molar-refractivity contribution in [2.45, 2.75) is 70.6 Å². The van der Waals surface area contributed by atoms with Gasteiger partial charge in [0.15, 0.2) is 5.82 Å². The van der Waals surface area contributed by atoms with E-state index in [1.54, 1.807) is 0 Å². The Morgan fingerprint density at radius 3 is 2.38 bits per heavy atom. The van der Waals surface area contributed by atoms with Crippen LogP contribution in [0.1, 0.15) is 58.1 Å². The molecule has 2 N–H and O–H groups in total. The predicted molar refractivity (Wildman–Crippen MR) is 82.0 cm³/mol. The lowest BCUT2D eigenvalue weighted by atomic mass is 9.96. The van der Waals surface area contributed by atoms with Crippen molar-refractivity contribution in [3.8, 4) is 0 Å². The van der Waals surface area contributed by atoms with Crippen LogP contribution in [0.5, 0.6) is 0 Å². The van der Waals surface area contributed by atoms with Crippen LogP contribution >= 0.6 is 0 Å². The van der Waals surface area contributed by atoms with Gasteiger partial charge in [0.25, 0.3) is 0 Å². The summed E-state index contributed by atoms with van der Waals surface area (Å²) in [6, 6.07) is 0.626. The van der Waals surface area contributed by atoms with E-state index in [9.17, 15) is 0 Å². The largest absolute Gasteiger partial charge is 0.381 e. The van der Waals surface area contributed by atoms with Crippen LogP contribution in [-0.2, 0) is 16.7 Å². The number of nitrogens with one attached hydrogen (secondary N) is 2. The minimum absolute atomic E-state index is 0.00823. The molecule has 2 saturated carbocycles. The molecule has 5 heteroatoms. The van der Waals surface area contributed by atoms with E-state index >= 15 is 0 Å². The van der Waals surface area contributed by atoms with Crippen LogP contribution < -0.4 is 5.32 Å². The first-order valence-corrected chi connectivity index (χ1v) is 8.13. The number of hydrogen-bond acceptors (Lipinski definition) is 4. The monoisotopic (exact) mass is 292 g/mol. The van der Waals surface area contributed by atoms with Crippen LogP contribution in [0, 0.1) is 11.8 Å².